The molecule has 0 aliphatic heterocycles. The molecule has 9 heteroatoms. The molecule has 0 spiro atoms. The lowest BCUT2D eigenvalue weighted by molar-refractivity contribution is -0.668. The van der Waals surface area contributed by atoms with Gasteiger partial charge in [0.15, 0.2) is 0 Å². The number of nitrogens with zero attached hydrogens (tertiary/aromatic N) is 2. The van der Waals surface area contributed by atoms with Crippen molar-refractivity contribution in [2.45, 2.75) is 6.54 Å². The summed E-state index contributed by atoms with van der Waals surface area (Å²) in [4.78, 5) is 11.6. The minimum atomic E-state index is -0.410. The van der Waals surface area contributed by atoms with Crippen LogP contribution in [0.1, 0.15) is 16.1 Å². The van der Waals surface area contributed by atoms with Gasteiger partial charge in [-0.25, -0.2) is 4.63 Å². The molecule has 0 bridgehead atoms. The SMILES string of the molecule is Nc1nonc1C(=O)NCC[NH2+]Cc1ccc(Cl)cc1Cl. The van der Waals surface area contributed by atoms with E-state index in [0.29, 0.717) is 29.7 Å². The Labute approximate surface area is 130 Å². The third kappa shape index (κ3) is 4.32. The van der Waals surface area contributed by atoms with Crippen LogP contribution in [-0.2, 0) is 6.54 Å². The average molecular weight is 331 g/mol. The Morgan fingerprint density at radius 2 is 2.19 bits per heavy atom. The van der Waals surface area contributed by atoms with Crippen LogP contribution in [0.3, 0.4) is 0 Å². The van der Waals surface area contributed by atoms with Crippen LogP contribution in [-0.4, -0.2) is 29.3 Å². The summed E-state index contributed by atoms with van der Waals surface area (Å²) in [5, 5.41) is 12.7. The van der Waals surface area contributed by atoms with Gasteiger partial charge in [0, 0.05) is 10.6 Å². The topological polar surface area (TPSA) is 111 Å². The van der Waals surface area contributed by atoms with Crippen molar-refractivity contribution < 1.29 is 14.7 Å². The molecule has 2 aromatic rings. The van der Waals surface area contributed by atoms with E-state index in [4.69, 9.17) is 28.9 Å². The first-order chi connectivity index (χ1) is 10.1. The van der Waals surface area contributed by atoms with E-state index in [9.17, 15) is 4.79 Å². The molecular formula is C12H14Cl2N5O2+. The highest BCUT2D eigenvalue weighted by Crippen LogP contribution is 2.19. The largest absolute Gasteiger partial charge is 0.379 e. The number of hydrogen-bond donors (Lipinski definition) is 3. The zero-order chi connectivity index (χ0) is 15.2. The second-order valence-corrected chi connectivity index (χ2v) is 5.11. The van der Waals surface area contributed by atoms with Crippen molar-refractivity contribution >= 4 is 34.9 Å². The molecule has 112 valence electrons. The zero-order valence-electron chi connectivity index (χ0n) is 11.0. The molecule has 0 saturated carbocycles. The van der Waals surface area contributed by atoms with E-state index >= 15 is 0 Å². The smallest absolute Gasteiger partial charge is 0.277 e. The number of nitrogen functional groups attached to an aromatic ring is 1. The van der Waals surface area contributed by atoms with Crippen molar-refractivity contribution in [3.63, 3.8) is 0 Å². The summed E-state index contributed by atoms with van der Waals surface area (Å²) in [6, 6.07) is 5.37. The average Bonchev–Trinajstić information content (AvgIpc) is 2.86. The van der Waals surface area contributed by atoms with Crippen LogP contribution in [0, 0.1) is 0 Å². The number of benzene rings is 1. The molecule has 0 saturated heterocycles. The first-order valence-corrected chi connectivity index (χ1v) is 6.95. The molecule has 5 N–H and O–H groups in total. The molecule has 2 rings (SSSR count). The van der Waals surface area contributed by atoms with Gasteiger partial charge in [0.25, 0.3) is 5.91 Å². The number of carbonyl (C=O) groups excluding carboxylic acids is 1. The van der Waals surface area contributed by atoms with Crippen molar-refractivity contribution in [1.82, 2.24) is 15.6 Å². The maximum atomic E-state index is 11.6. The highest BCUT2D eigenvalue weighted by Gasteiger charge is 2.15. The number of halogens is 2. The molecule has 0 aliphatic rings. The van der Waals surface area contributed by atoms with Gasteiger partial charge in [0.2, 0.25) is 11.5 Å². The van der Waals surface area contributed by atoms with E-state index in [1.165, 1.54) is 0 Å². The van der Waals surface area contributed by atoms with Crippen molar-refractivity contribution in [2.24, 2.45) is 0 Å². The van der Waals surface area contributed by atoms with Crippen LogP contribution in [0.25, 0.3) is 0 Å². The van der Waals surface area contributed by atoms with E-state index < -0.39 is 5.91 Å². The number of hydrogen-bond acceptors (Lipinski definition) is 5. The van der Waals surface area contributed by atoms with Crippen LogP contribution in [0.15, 0.2) is 22.8 Å². The molecule has 1 heterocycles. The summed E-state index contributed by atoms with van der Waals surface area (Å²) in [5.74, 6) is -0.434. The molecule has 0 fully saturated rings. The van der Waals surface area contributed by atoms with Gasteiger partial charge < -0.3 is 16.4 Å². The maximum absolute atomic E-state index is 11.6. The van der Waals surface area contributed by atoms with Crippen molar-refractivity contribution in [2.75, 3.05) is 18.8 Å². The fourth-order valence-electron chi connectivity index (χ4n) is 1.67. The summed E-state index contributed by atoms with van der Waals surface area (Å²) >= 11 is 11.9. The predicted molar refractivity (Wildman–Crippen MR) is 78.0 cm³/mol. The molecule has 0 atom stereocenters. The number of nitrogens with two attached hydrogens (primary N) is 2. The standard InChI is InChI=1S/C12H13Cl2N5O2/c13-8-2-1-7(9(14)5-8)6-16-3-4-17-12(20)10-11(15)19-21-18-10/h1-2,5,16H,3-4,6H2,(H2,15,19)(H,17,20)/p+1. The van der Waals surface area contributed by atoms with Gasteiger partial charge in [-0.15, -0.1) is 0 Å². The van der Waals surface area contributed by atoms with Crippen LogP contribution in [0.4, 0.5) is 5.82 Å². The normalized spacial score (nSPS) is 10.6. The van der Waals surface area contributed by atoms with Crippen LogP contribution < -0.4 is 16.4 Å². The summed E-state index contributed by atoms with van der Waals surface area (Å²) in [6.07, 6.45) is 0. The van der Waals surface area contributed by atoms with Gasteiger partial charge in [0.05, 0.1) is 18.1 Å². The zero-order valence-corrected chi connectivity index (χ0v) is 12.5. The molecule has 1 aromatic carbocycles. The lowest BCUT2D eigenvalue weighted by atomic mass is 10.2. The van der Waals surface area contributed by atoms with Crippen molar-refractivity contribution in [1.29, 1.82) is 0 Å². The van der Waals surface area contributed by atoms with E-state index in [2.05, 4.69) is 20.3 Å². The van der Waals surface area contributed by atoms with Crippen LogP contribution in [0.5, 0.6) is 0 Å². The molecular weight excluding hydrogens is 317 g/mol. The number of amides is 1. The second-order valence-electron chi connectivity index (χ2n) is 4.27. The molecule has 0 aliphatic carbocycles. The molecule has 1 amide bonds. The van der Waals surface area contributed by atoms with E-state index in [1.54, 1.807) is 12.1 Å². The number of anilines is 1. The number of nitrogens with one attached hydrogen (secondary N) is 1. The lowest BCUT2D eigenvalue weighted by Crippen LogP contribution is -2.84. The number of carbonyl (C=O) groups is 1. The third-order valence-corrected chi connectivity index (χ3v) is 3.33. The van der Waals surface area contributed by atoms with Crippen LogP contribution >= 0.6 is 23.2 Å². The Morgan fingerprint density at radius 1 is 1.38 bits per heavy atom. The molecule has 0 unspecified atom stereocenters. The van der Waals surface area contributed by atoms with Crippen molar-refractivity contribution in [3.8, 4) is 0 Å². The van der Waals surface area contributed by atoms with Gasteiger partial charge in [0.1, 0.15) is 6.54 Å². The molecule has 7 nitrogen and oxygen atoms in total. The second kappa shape index (κ2) is 7.26. The Kier molecular flexibility index (Phi) is 5.38. The first-order valence-electron chi connectivity index (χ1n) is 6.19. The van der Waals surface area contributed by atoms with Gasteiger partial charge in [-0.1, -0.05) is 29.3 Å². The van der Waals surface area contributed by atoms with E-state index in [1.807, 2.05) is 11.4 Å². The highest BCUT2D eigenvalue weighted by atomic mass is 35.5. The van der Waals surface area contributed by atoms with Crippen molar-refractivity contribution in [3.05, 3.63) is 39.5 Å². The lowest BCUT2D eigenvalue weighted by Gasteiger charge is -2.05. The number of aromatic nitrogens is 2. The maximum Gasteiger partial charge on any atom is 0.277 e. The number of quaternary nitrogens is 1. The molecule has 1 aromatic heterocycles. The monoisotopic (exact) mass is 330 g/mol. The Hall–Kier alpha value is -1.83. The minimum Gasteiger partial charge on any atom is -0.379 e. The Bertz CT molecular complexity index is 632. The quantitative estimate of drug-likeness (QED) is 0.666. The van der Waals surface area contributed by atoms with Gasteiger partial charge in [-0.3, -0.25) is 4.79 Å². The Balaban J connectivity index is 1.71. The molecule has 21 heavy (non-hydrogen) atoms. The van der Waals surface area contributed by atoms with Gasteiger partial charge in [-0.05, 0) is 22.4 Å². The highest BCUT2D eigenvalue weighted by molar-refractivity contribution is 6.35. The summed E-state index contributed by atoms with van der Waals surface area (Å²) in [5.41, 5.74) is 6.39. The summed E-state index contributed by atoms with van der Waals surface area (Å²) in [6.45, 7) is 1.83. The molecule has 0 radical (unpaired) electrons. The Morgan fingerprint density at radius 3 is 2.86 bits per heavy atom. The van der Waals surface area contributed by atoms with Crippen LogP contribution in [0.2, 0.25) is 10.0 Å². The first kappa shape index (κ1) is 15.6. The van der Waals surface area contributed by atoms with E-state index in [-0.39, 0.29) is 11.5 Å². The fraction of sp³-hybridized carbons (Fsp3) is 0.250. The van der Waals surface area contributed by atoms with Gasteiger partial charge in [-0.2, -0.15) is 0 Å². The van der Waals surface area contributed by atoms with Gasteiger partial charge >= 0.3 is 0 Å². The third-order valence-electron chi connectivity index (χ3n) is 2.74. The summed E-state index contributed by atoms with van der Waals surface area (Å²) in [7, 11) is 0. The fourth-order valence-corrected chi connectivity index (χ4v) is 2.15. The number of rotatable bonds is 6. The predicted octanol–water partition coefficient (Wildman–Crippen LogP) is 0.452. The minimum absolute atomic E-state index is 0.00394. The van der Waals surface area contributed by atoms with E-state index in [0.717, 1.165) is 5.56 Å². The summed E-state index contributed by atoms with van der Waals surface area (Å²) < 4.78 is 4.36.